The van der Waals surface area contributed by atoms with Crippen LogP contribution in [0.1, 0.15) is 36.1 Å². The van der Waals surface area contributed by atoms with Crippen molar-refractivity contribution in [3.63, 3.8) is 0 Å². The molecule has 0 spiro atoms. The van der Waals surface area contributed by atoms with Crippen molar-refractivity contribution in [2.24, 2.45) is 0 Å². The highest BCUT2D eigenvalue weighted by atomic mass is 79.9. The van der Waals surface area contributed by atoms with Crippen LogP contribution in [-0.2, 0) is 6.42 Å². The molecule has 0 aliphatic carbocycles. The molecule has 2 aromatic rings. The van der Waals surface area contributed by atoms with Crippen molar-refractivity contribution in [3.05, 3.63) is 56.2 Å². The number of rotatable bonds is 6. The summed E-state index contributed by atoms with van der Waals surface area (Å²) in [5.74, 6) is 0. The van der Waals surface area contributed by atoms with Crippen LogP contribution in [0.5, 0.6) is 0 Å². The smallest absolute Gasteiger partial charge is 0.0372 e. The lowest BCUT2D eigenvalue weighted by Crippen LogP contribution is -2.24. The first kappa shape index (κ1) is 14.8. The third kappa shape index (κ3) is 4.16. The largest absolute Gasteiger partial charge is 0.310 e. The van der Waals surface area contributed by atoms with E-state index >= 15 is 0 Å². The zero-order valence-corrected chi connectivity index (χ0v) is 13.9. The van der Waals surface area contributed by atoms with E-state index in [4.69, 9.17) is 0 Å². The summed E-state index contributed by atoms with van der Waals surface area (Å²) in [5, 5.41) is 8.06. The minimum atomic E-state index is 0.379. The van der Waals surface area contributed by atoms with Crippen LogP contribution in [0.25, 0.3) is 0 Å². The van der Waals surface area contributed by atoms with E-state index < -0.39 is 0 Å². The standard InChI is InChI=1S/C16H20BrNS/c1-3-7-18-16(10-13-6-8-19-11-13)14-9-12(2)4-5-15(14)17/h4-6,8-9,11,16,18H,3,7,10H2,1-2H3. The summed E-state index contributed by atoms with van der Waals surface area (Å²) < 4.78 is 1.20. The molecule has 1 N–H and O–H groups in total. The molecule has 102 valence electrons. The predicted molar refractivity (Wildman–Crippen MR) is 87.9 cm³/mol. The van der Waals surface area contributed by atoms with Crippen molar-refractivity contribution < 1.29 is 0 Å². The summed E-state index contributed by atoms with van der Waals surface area (Å²) in [7, 11) is 0. The fourth-order valence-corrected chi connectivity index (χ4v) is 3.39. The van der Waals surface area contributed by atoms with E-state index in [1.807, 2.05) is 0 Å². The lowest BCUT2D eigenvalue weighted by molar-refractivity contribution is 0.528. The molecular weight excluding hydrogens is 318 g/mol. The number of hydrogen-bond acceptors (Lipinski definition) is 2. The molecule has 0 aliphatic rings. The first-order valence-electron chi connectivity index (χ1n) is 6.71. The van der Waals surface area contributed by atoms with Gasteiger partial charge in [-0.25, -0.2) is 0 Å². The molecule has 1 nitrogen and oxygen atoms in total. The highest BCUT2D eigenvalue weighted by molar-refractivity contribution is 9.10. The van der Waals surface area contributed by atoms with Crippen molar-refractivity contribution >= 4 is 27.3 Å². The third-order valence-electron chi connectivity index (χ3n) is 3.19. The molecule has 1 atom stereocenters. The number of halogens is 1. The van der Waals surface area contributed by atoms with Crippen molar-refractivity contribution in [1.29, 1.82) is 0 Å². The highest BCUT2D eigenvalue weighted by Crippen LogP contribution is 2.27. The molecular formula is C16H20BrNS. The van der Waals surface area contributed by atoms with Crippen LogP contribution in [0.3, 0.4) is 0 Å². The second-order valence-electron chi connectivity index (χ2n) is 4.87. The Morgan fingerprint density at radius 2 is 2.16 bits per heavy atom. The van der Waals surface area contributed by atoms with Gasteiger partial charge in [-0.2, -0.15) is 11.3 Å². The molecule has 0 saturated heterocycles. The fraction of sp³-hybridized carbons (Fsp3) is 0.375. The maximum atomic E-state index is 3.69. The summed E-state index contributed by atoms with van der Waals surface area (Å²) >= 11 is 5.46. The minimum Gasteiger partial charge on any atom is -0.310 e. The lowest BCUT2D eigenvalue weighted by Gasteiger charge is -2.20. The van der Waals surface area contributed by atoms with Crippen LogP contribution in [0.2, 0.25) is 0 Å². The van der Waals surface area contributed by atoms with Crippen molar-refractivity contribution in [2.45, 2.75) is 32.7 Å². The summed E-state index contributed by atoms with van der Waals surface area (Å²) in [6.07, 6.45) is 2.20. The maximum absolute atomic E-state index is 3.69. The molecule has 1 unspecified atom stereocenters. The first-order valence-corrected chi connectivity index (χ1v) is 8.44. The molecule has 2 rings (SSSR count). The van der Waals surface area contributed by atoms with Gasteiger partial charge in [0, 0.05) is 10.5 Å². The normalized spacial score (nSPS) is 12.6. The van der Waals surface area contributed by atoms with Crippen LogP contribution >= 0.6 is 27.3 Å². The second kappa shape index (κ2) is 7.22. The minimum absolute atomic E-state index is 0.379. The van der Waals surface area contributed by atoms with Gasteiger partial charge in [-0.05, 0) is 60.3 Å². The van der Waals surface area contributed by atoms with Crippen LogP contribution in [-0.4, -0.2) is 6.54 Å². The molecule has 0 aliphatic heterocycles. The third-order valence-corrected chi connectivity index (χ3v) is 4.64. The molecule has 0 fully saturated rings. The SMILES string of the molecule is CCCNC(Cc1ccsc1)c1cc(C)ccc1Br. The van der Waals surface area contributed by atoms with E-state index in [1.165, 1.54) is 21.2 Å². The van der Waals surface area contributed by atoms with Crippen LogP contribution in [0, 0.1) is 6.92 Å². The van der Waals surface area contributed by atoms with Crippen LogP contribution in [0.15, 0.2) is 39.5 Å². The zero-order valence-electron chi connectivity index (χ0n) is 11.4. The Labute approximate surface area is 128 Å². The fourth-order valence-electron chi connectivity index (χ4n) is 2.19. The molecule has 1 heterocycles. The van der Waals surface area contributed by atoms with Gasteiger partial charge in [-0.15, -0.1) is 0 Å². The Morgan fingerprint density at radius 3 is 2.84 bits per heavy atom. The maximum Gasteiger partial charge on any atom is 0.0372 e. The summed E-state index contributed by atoms with van der Waals surface area (Å²) in [6, 6.07) is 9.18. The van der Waals surface area contributed by atoms with Crippen molar-refractivity contribution in [2.75, 3.05) is 6.54 Å². The Morgan fingerprint density at radius 1 is 1.32 bits per heavy atom. The number of hydrogen-bond donors (Lipinski definition) is 1. The lowest BCUT2D eigenvalue weighted by atomic mass is 9.99. The van der Waals surface area contributed by atoms with Crippen molar-refractivity contribution in [1.82, 2.24) is 5.32 Å². The van der Waals surface area contributed by atoms with Gasteiger partial charge in [-0.1, -0.05) is 40.5 Å². The van der Waals surface area contributed by atoms with Gasteiger partial charge in [-0.3, -0.25) is 0 Å². The molecule has 0 amide bonds. The number of thiophene rings is 1. The number of benzene rings is 1. The average molecular weight is 338 g/mol. The Hall–Kier alpha value is -0.640. The quantitative estimate of drug-likeness (QED) is 0.772. The zero-order chi connectivity index (χ0) is 13.7. The van der Waals surface area contributed by atoms with Gasteiger partial charge >= 0.3 is 0 Å². The predicted octanol–water partition coefficient (Wildman–Crippen LogP) is 5.10. The molecule has 1 aromatic carbocycles. The molecule has 0 saturated carbocycles. The van der Waals surface area contributed by atoms with E-state index in [2.05, 4.69) is 70.1 Å². The van der Waals surface area contributed by atoms with Gasteiger partial charge in [0.2, 0.25) is 0 Å². The topological polar surface area (TPSA) is 12.0 Å². The van der Waals surface area contributed by atoms with E-state index in [9.17, 15) is 0 Å². The van der Waals surface area contributed by atoms with Gasteiger partial charge in [0.1, 0.15) is 0 Å². The van der Waals surface area contributed by atoms with Gasteiger partial charge in [0.05, 0.1) is 0 Å². The Balaban J connectivity index is 2.23. The average Bonchev–Trinajstić information content (AvgIpc) is 2.90. The summed E-state index contributed by atoms with van der Waals surface area (Å²) in [4.78, 5) is 0. The van der Waals surface area contributed by atoms with E-state index in [0.717, 1.165) is 19.4 Å². The molecule has 3 heteroatoms. The van der Waals surface area contributed by atoms with Crippen LogP contribution < -0.4 is 5.32 Å². The highest BCUT2D eigenvalue weighted by Gasteiger charge is 2.15. The van der Waals surface area contributed by atoms with Crippen LogP contribution in [0.4, 0.5) is 0 Å². The van der Waals surface area contributed by atoms with Gasteiger partial charge < -0.3 is 5.32 Å². The first-order chi connectivity index (χ1) is 9.20. The summed E-state index contributed by atoms with van der Waals surface area (Å²) in [6.45, 7) is 5.41. The van der Waals surface area contributed by atoms with Gasteiger partial charge in [0.15, 0.2) is 0 Å². The second-order valence-corrected chi connectivity index (χ2v) is 6.50. The molecule has 0 bridgehead atoms. The van der Waals surface area contributed by atoms with E-state index in [0.29, 0.717) is 6.04 Å². The number of nitrogens with one attached hydrogen (secondary N) is 1. The monoisotopic (exact) mass is 337 g/mol. The van der Waals surface area contributed by atoms with Gasteiger partial charge in [0.25, 0.3) is 0 Å². The Bertz CT molecular complexity index is 507. The van der Waals surface area contributed by atoms with E-state index in [-0.39, 0.29) is 0 Å². The van der Waals surface area contributed by atoms with Crippen molar-refractivity contribution in [3.8, 4) is 0 Å². The molecule has 0 radical (unpaired) electrons. The summed E-state index contributed by atoms with van der Waals surface area (Å²) in [5.41, 5.74) is 4.08. The molecule has 19 heavy (non-hydrogen) atoms. The number of aryl methyl sites for hydroxylation is 1. The van der Waals surface area contributed by atoms with E-state index in [1.54, 1.807) is 11.3 Å². The Kier molecular flexibility index (Phi) is 5.61. The molecule has 1 aromatic heterocycles.